The normalized spacial score (nSPS) is 11.3. The molecular weight excluding hydrogens is 550 g/mol. The van der Waals surface area contributed by atoms with Gasteiger partial charge in [0.2, 0.25) is 0 Å². The number of nitrogens with zero attached hydrogens (tertiary/aromatic N) is 3. The highest BCUT2D eigenvalue weighted by Gasteiger charge is 2.14. The molecule has 0 N–H and O–H groups in total. The Morgan fingerprint density at radius 1 is 0.500 bits per heavy atom. The van der Waals surface area contributed by atoms with Crippen LogP contribution in [0.2, 0.25) is 0 Å². The van der Waals surface area contributed by atoms with Gasteiger partial charge in [-0.15, -0.1) is 11.3 Å². The molecule has 0 bridgehead atoms. The fourth-order valence-electron chi connectivity index (χ4n) is 4.79. The topological polar surface area (TPSA) is 38.7 Å². The lowest BCUT2D eigenvalue weighted by Crippen LogP contribution is -1.96. The van der Waals surface area contributed by atoms with Crippen LogP contribution in [0.5, 0.6) is 0 Å². The van der Waals surface area contributed by atoms with Crippen molar-refractivity contribution in [3.05, 3.63) is 126 Å². The highest BCUT2D eigenvalue weighted by molar-refractivity contribution is 9.10. The highest BCUT2D eigenvalue weighted by atomic mass is 79.9. The Hall–Kier alpha value is -4.19. The van der Waals surface area contributed by atoms with Crippen molar-refractivity contribution in [2.75, 3.05) is 0 Å². The quantitative estimate of drug-likeness (QED) is 0.212. The smallest absolute Gasteiger partial charge is 0.160 e. The molecule has 0 spiro atoms. The molecule has 3 heterocycles. The predicted molar refractivity (Wildman–Crippen MR) is 162 cm³/mol. The van der Waals surface area contributed by atoms with Crippen LogP contribution < -0.4 is 0 Å². The summed E-state index contributed by atoms with van der Waals surface area (Å²) in [7, 11) is 0. The Morgan fingerprint density at radius 2 is 1.21 bits per heavy atom. The summed E-state index contributed by atoms with van der Waals surface area (Å²) < 4.78 is 3.55. The zero-order chi connectivity index (χ0) is 25.5. The van der Waals surface area contributed by atoms with E-state index in [1.807, 2.05) is 54.1 Å². The number of rotatable bonds is 4. The summed E-state index contributed by atoms with van der Waals surface area (Å²) in [6, 6.07) is 37.9. The Bertz CT molecular complexity index is 1930. The van der Waals surface area contributed by atoms with Gasteiger partial charge in [-0.1, -0.05) is 76.6 Å². The maximum absolute atomic E-state index is 5.04. The van der Waals surface area contributed by atoms with Gasteiger partial charge in [-0.05, 0) is 59.7 Å². The summed E-state index contributed by atoms with van der Waals surface area (Å²) in [5, 5.41) is 2.58. The molecule has 0 aliphatic heterocycles. The Kier molecular flexibility index (Phi) is 5.80. The third-order valence-electron chi connectivity index (χ3n) is 6.64. The average Bonchev–Trinajstić information content (AvgIpc) is 3.35. The summed E-state index contributed by atoms with van der Waals surface area (Å²) in [5.74, 6) is 0.708. The van der Waals surface area contributed by atoms with Gasteiger partial charge < -0.3 is 0 Å². The summed E-state index contributed by atoms with van der Waals surface area (Å²) >= 11 is 5.54. The summed E-state index contributed by atoms with van der Waals surface area (Å²) in [6.07, 6.45) is 3.63. The maximum atomic E-state index is 5.04. The standard InChI is InChI=1S/C33H20BrN3S/c34-26-17-24(21-12-14-35-15-13-21)16-25(18-26)30-20-29(36-33(37-30)22-6-2-1-3-7-22)23-10-11-28-27-8-4-5-9-31(27)38-32(28)19-23/h1-20H. The van der Waals surface area contributed by atoms with Gasteiger partial charge in [-0.3, -0.25) is 4.98 Å². The zero-order valence-corrected chi connectivity index (χ0v) is 22.6. The third-order valence-corrected chi connectivity index (χ3v) is 8.23. The van der Waals surface area contributed by atoms with Crippen molar-refractivity contribution in [1.82, 2.24) is 15.0 Å². The van der Waals surface area contributed by atoms with Gasteiger partial charge in [-0.2, -0.15) is 0 Å². The van der Waals surface area contributed by atoms with Gasteiger partial charge >= 0.3 is 0 Å². The molecule has 3 aromatic heterocycles. The van der Waals surface area contributed by atoms with Crippen LogP contribution >= 0.6 is 27.3 Å². The largest absolute Gasteiger partial charge is 0.265 e. The molecule has 7 rings (SSSR count). The minimum atomic E-state index is 0.708. The second-order valence-corrected chi connectivity index (χ2v) is 11.1. The lowest BCUT2D eigenvalue weighted by molar-refractivity contribution is 1.18. The molecule has 5 heteroatoms. The first-order valence-corrected chi connectivity index (χ1v) is 13.9. The van der Waals surface area contributed by atoms with Crippen LogP contribution in [0.4, 0.5) is 0 Å². The molecule has 0 fully saturated rings. The molecule has 7 aromatic rings. The van der Waals surface area contributed by atoms with Gasteiger partial charge in [0.05, 0.1) is 11.4 Å². The fraction of sp³-hybridized carbons (Fsp3) is 0. The van der Waals surface area contributed by atoms with Crippen molar-refractivity contribution < 1.29 is 0 Å². The number of pyridine rings is 1. The summed E-state index contributed by atoms with van der Waals surface area (Å²) in [4.78, 5) is 14.2. The summed E-state index contributed by atoms with van der Waals surface area (Å²) in [5.41, 5.74) is 7.08. The third kappa shape index (κ3) is 4.30. The Labute approximate surface area is 232 Å². The molecule has 0 aliphatic carbocycles. The number of hydrogen-bond donors (Lipinski definition) is 0. The van der Waals surface area contributed by atoms with E-state index in [0.29, 0.717) is 5.82 Å². The first kappa shape index (κ1) is 23.0. The lowest BCUT2D eigenvalue weighted by atomic mass is 10.0. The molecule has 0 radical (unpaired) electrons. The molecule has 4 aromatic carbocycles. The van der Waals surface area contributed by atoms with Gasteiger partial charge in [0, 0.05) is 53.7 Å². The Balaban J connectivity index is 1.42. The Morgan fingerprint density at radius 3 is 2.05 bits per heavy atom. The second kappa shape index (κ2) is 9.60. The van der Waals surface area contributed by atoms with E-state index in [-0.39, 0.29) is 0 Å². The molecule has 0 saturated heterocycles. The fourth-order valence-corrected chi connectivity index (χ4v) is 6.43. The van der Waals surface area contributed by atoms with Crippen LogP contribution in [0, 0.1) is 0 Å². The van der Waals surface area contributed by atoms with Gasteiger partial charge in [0.1, 0.15) is 0 Å². The van der Waals surface area contributed by atoms with Crippen LogP contribution in [0.25, 0.3) is 65.2 Å². The summed E-state index contributed by atoms with van der Waals surface area (Å²) in [6.45, 7) is 0. The lowest BCUT2D eigenvalue weighted by Gasteiger charge is -2.11. The van der Waals surface area contributed by atoms with Gasteiger partial charge in [0.25, 0.3) is 0 Å². The second-order valence-electron chi connectivity index (χ2n) is 9.10. The first-order valence-electron chi connectivity index (χ1n) is 12.3. The number of thiophene rings is 1. The number of hydrogen-bond acceptors (Lipinski definition) is 4. The maximum Gasteiger partial charge on any atom is 0.160 e. The molecule has 0 unspecified atom stereocenters. The molecule has 0 atom stereocenters. The number of benzene rings is 4. The molecule has 38 heavy (non-hydrogen) atoms. The number of halogens is 1. The van der Waals surface area contributed by atoms with Crippen LogP contribution in [-0.4, -0.2) is 15.0 Å². The molecule has 180 valence electrons. The monoisotopic (exact) mass is 569 g/mol. The van der Waals surface area contributed by atoms with E-state index in [9.17, 15) is 0 Å². The predicted octanol–water partition coefficient (Wildman–Crippen LogP) is 9.67. The average molecular weight is 571 g/mol. The van der Waals surface area contributed by atoms with E-state index in [1.54, 1.807) is 0 Å². The molecule has 0 amide bonds. The number of aromatic nitrogens is 3. The van der Waals surface area contributed by atoms with E-state index in [0.717, 1.165) is 43.7 Å². The van der Waals surface area contributed by atoms with Gasteiger partial charge in [0.15, 0.2) is 5.82 Å². The minimum Gasteiger partial charge on any atom is -0.265 e. The zero-order valence-electron chi connectivity index (χ0n) is 20.2. The van der Waals surface area contributed by atoms with E-state index in [1.165, 1.54) is 20.2 Å². The molecular formula is C33H20BrN3S. The van der Waals surface area contributed by atoms with Crippen molar-refractivity contribution in [3.8, 4) is 45.0 Å². The van der Waals surface area contributed by atoms with Crippen LogP contribution in [0.1, 0.15) is 0 Å². The van der Waals surface area contributed by atoms with E-state index in [2.05, 4.69) is 99.8 Å². The number of fused-ring (bicyclic) bond motifs is 3. The van der Waals surface area contributed by atoms with Crippen molar-refractivity contribution in [1.29, 1.82) is 0 Å². The van der Waals surface area contributed by atoms with Crippen molar-refractivity contribution in [2.24, 2.45) is 0 Å². The first-order chi connectivity index (χ1) is 18.7. The van der Waals surface area contributed by atoms with Crippen LogP contribution in [0.3, 0.4) is 0 Å². The van der Waals surface area contributed by atoms with Crippen LogP contribution in [0.15, 0.2) is 126 Å². The van der Waals surface area contributed by atoms with Gasteiger partial charge in [-0.25, -0.2) is 9.97 Å². The van der Waals surface area contributed by atoms with E-state index in [4.69, 9.17) is 9.97 Å². The molecule has 3 nitrogen and oxygen atoms in total. The molecule has 0 aliphatic rings. The molecule has 0 saturated carbocycles. The van der Waals surface area contributed by atoms with Crippen molar-refractivity contribution in [3.63, 3.8) is 0 Å². The highest BCUT2D eigenvalue weighted by Crippen LogP contribution is 2.37. The van der Waals surface area contributed by atoms with E-state index < -0.39 is 0 Å². The van der Waals surface area contributed by atoms with Crippen LogP contribution in [-0.2, 0) is 0 Å². The van der Waals surface area contributed by atoms with Crippen molar-refractivity contribution in [2.45, 2.75) is 0 Å². The van der Waals surface area contributed by atoms with E-state index >= 15 is 0 Å². The SMILES string of the molecule is Brc1cc(-c2ccncc2)cc(-c2cc(-c3ccc4c(c3)sc3ccccc34)nc(-c3ccccc3)n2)c1. The minimum absolute atomic E-state index is 0.708. The van der Waals surface area contributed by atoms with Crippen molar-refractivity contribution >= 4 is 47.4 Å².